The average Bonchev–Trinajstić information content (AvgIpc) is 2.72. The molecule has 7 rings (SSSR count). The first-order valence-electron chi connectivity index (χ1n) is 11.0. The lowest BCUT2D eigenvalue weighted by molar-refractivity contribution is -0.00276. The van der Waals surface area contributed by atoms with E-state index < -0.39 is 5.97 Å². The monoisotopic (exact) mass is 398 g/mol. The normalized spacial score (nSPS) is 29.0. The molecule has 4 aliphatic carbocycles. The lowest BCUT2D eigenvalue weighted by Gasteiger charge is -2.54. The topological polar surface area (TPSA) is 37.3 Å². The molecular formula is C28H30O2. The molecule has 0 amide bonds. The van der Waals surface area contributed by atoms with Crippen molar-refractivity contribution < 1.29 is 9.90 Å². The average molecular weight is 399 g/mol. The SMILES string of the molecule is C.O=C(O)c1ccc2cc(-c3cccc(C4C5CC6CC(C5)CC4C6)c3)ccc2c1. The number of hydrogen-bond donors (Lipinski definition) is 1. The van der Waals surface area contributed by atoms with E-state index in [-0.39, 0.29) is 7.43 Å². The van der Waals surface area contributed by atoms with Gasteiger partial charge in [0.15, 0.2) is 0 Å². The summed E-state index contributed by atoms with van der Waals surface area (Å²) in [5.41, 5.74) is 4.37. The molecule has 4 fully saturated rings. The zero-order valence-corrected chi connectivity index (χ0v) is 16.6. The van der Waals surface area contributed by atoms with Crippen molar-refractivity contribution in [3.05, 3.63) is 71.8 Å². The largest absolute Gasteiger partial charge is 0.478 e. The third kappa shape index (κ3) is 3.14. The predicted octanol–water partition coefficient (Wildman–Crippen LogP) is 7.38. The molecule has 0 unspecified atom stereocenters. The van der Waals surface area contributed by atoms with Crippen molar-refractivity contribution in [1.29, 1.82) is 0 Å². The molecule has 0 spiro atoms. The number of hydrogen-bond acceptors (Lipinski definition) is 1. The highest BCUT2D eigenvalue weighted by molar-refractivity contribution is 5.95. The van der Waals surface area contributed by atoms with Crippen LogP contribution in [0.3, 0.4) is 0 Å². The predicted molar refractivity (Wildman–Crippen MR) is 123 cm³/mol. The molecule has 30 heavy (non-hydrogen) atoms. The molecule has 0 radical (unpaired) electrons. The molecule has 3 aromatic carbocycles. The van der Waals surface area contributed by atoms with Gasteiger partial charge in [-0.2, -0.15) is 0 Å². The number of carbonyl (C=O) groups is 1. The van der Waals surface area contributed by atoms with Crippen molar-refractivity contribution in [2.24, 2.45) is 23.7 Å². The third-order valence-electron chi connectivity index (χ3n) is 7.92. The van der Waals surface area contributed by atoms with Gasteiger partial charge in [-0.05, 0) is 107 Å². The van der Waals surface area contributed by atoms with Crippen LogP contribution in [0.5, 0.6) is 0 Å². The second-order valence-corrected chi connectivity index (χ2v) is 9.66. The van der Waals surface area contributed by atoms with Gasteiger partial charge in [0.2, 0.25) is 0 Å². The Morgan fingerprint density at radius 2 is 1.37 bits per heavy atom. The van der Waals surface area contributed by atoms with E-state index in [4.69, 9.17) is 0 Å². The summed E-state index contributed by atoms with van der Waals surface area (Å²) in [5, 5.41) is 11.3. The molecule has 0 aliphatic heterocycles. The van der Waals surface area contributed by atoms with Crippen LogP contribution in [0.25, 0.3) is 21.9 Å². The van der Waals surface area contributed by atoms with Crippen LogP contribution in [0.2, 0.25) is 0 Å². The van der Waals surface area contributed by atoms with Gasteiger partial charge in [0.25, 0.3) is 0 Å². The van der Waals surface area contributed by atoms with E-state index in [0.29, 0.717) is 5.56 Å². The Morgan fingerprint density at radius 1 is 0.733 bits per heavy atom. The van der Waals surface area contributed by atoms with Gasteiger partial charge in [0.05, 0.1) is 5.56 Å². The van der Waals surface area contributed by atoms with Crippen LogP contribution in [-0.2, 0) is 0 Å². The minimum atomic E-state index is -0.876. The highest BCUT2D eigenvalue weighted by Gasteiger charge is 2.48. The number of carboxylic acids is 1. The summed E-state index contributed by atoms with van der Waals surface area (Å²) in [6, 6.07) is 21.0. The number of fused-ring (bicyclic) bond motifs is 1. The summed E-state index contributed by atoms with van der Waals surface area (Å²) in [6.07, 6.45) is 7.29. The summed E-state index contributed by atoms with van der Waals surface area (Å²) in [4.78, 5) is 11.2. The Bertz CT molecular complexity index is 1080. The maximum atomic E-state index is 11.2. The van der Waals surface area contributed by atoms with Gasteiger partial charge < -0.3 is 5.11 Å². The van der Waals surface area contributed by atoms with E-state index in [9.17, 15) is 9.90 Å². The van der Waals surface area contributed by atoms with Gasteiger partial charge >= 0.3 is 5.97 Å². The van der Waals surface area contributed by atoms with Crippen LogP contribution in [0, 0.1) is 23.7 Å². The van der Waals surface area contributed by atoms with Crippen LogP contribution in [0.1, 0.15) is 61.4 Å². The molecule has 2 nitrogen and oxygen atoms in total. The van der Waals surface area contributed by atoms with Crippen LogP contribution < -0.4 is 0 Å². The fraction of sp³-hybridized carbons (Fsp3) is 0.393. The van der Waals surface area contributed by atoms with E-state index >= 15 is 0 Å². The Morgan fingerprint density at radius 3 is 2.07 bits per heavy atom. The zero-order chi connectivity index (χ0) is 19.5. The van der Waals surface area contributed by atoms with Gasteiger partial charge in [-0.25, -0.2) is 4.79 Å². The molecule has 4 aliphatic rings. The number of aromatic carboxylic acids is 1. The standard InChI is InChI=1S/C27H26O2.CH4/c28-27(29)23-7-6-20-13-19(4-5-21(20)15-23)18-2-1-3-22(14-18)26-24-9-16-8-17(11-24)12-25(26)10-16;/h1-7,13-17,24-26H,8-12H2,(H,28,29);1H4. The minimum absolute atomic E-state index is 0. The van der Waals surface area contributed by atoms with E-state index in [1.807, 2.05) is 12.1 Å². The Kier molecular flexibility index (Phi) is 4.69. The summed E-state index contributed by atoms with van der Waals surface area (Å²) in [7, 11) is 0. The molecule has 2 heteroatoms. The van der Waals surface area contributed by atoms with Crippen LogP contribution in [0.4, 0.5) is 0 Å². The number of rotatable bonds is 3. The second-order valence-electron chi connectivity index (χ2n) is 9.66. The van der Waals surface area contributed by atoms with Crippen molar-refractivity contribution in [3.8, 4) is 11.1 Å². The number of carboxylic acid groups (broad SMARTS) is 1. The Balaban J connectivity index is 0.00000193. The van der Waals surface area contributed by atoms with Crippen LogP contribution in [-0.4, -0.2) is 11.1 Å². The first kappa shape index (κ1) is 19.4. The molecule has 3 aromatic rings. The van der Waals surface area contributed by atoms with Gasteiger partial charge in [-0.15, -0.1) is 0 Å². The molecule has 1 N–H and O–H groups in total. The van der Waals surface area contributed by atoms with Crippen molar-refractivity contribution >= 4 is 16.7 Å². The maximum Gasteiger partial charge on any atom is 0.335 e. The number of benzene rings is 3. The van der Waals surface area contributed by atoms with Crippen molar-refractivity contribution in [2.45, 2.75) is 45.4 Å². The van der Waals surface area contributed by atoms with E-state index in [1.54, 1.807) is 12.1 Å². The van der Waals surface area contributed by atoms with Crippen molar-refractivity contribution in [1.82, 2.24) is 0 Å². The van der Waals surface area contributed by atoms with Gasteiger partial charge in [-0.3, -0.25) is 0 Å². The molecule has 4 saturated carbocycles. The first-order valence-corrected chi connectivity index (χ1v) is 11.0. The highest BCUT2D eigenvalue weighted by atomic mass is 16.4. The molecule has 0 atom stereocenters. The fourth-order valence-electron chi connectivity index (χ4n) is 6.95. The lowest BCUT2D eigenvalue weighted by atomic mass is 9.50. The highest BCUT2D eigenvalue weighted by Crippen LogP contribution is 2.59. The molecule has 0 heterocycles. The molecule has 4 bridgehead atoms. The quantitative estimate of drug-likeness (QED) is 0.500. The lowest BCUT2D eigenvalue weighted by Crippen LogP contribution is -2.43. The minimum Gasteiger partial charge on any atom is -0.478 e. The maximum absolute atomic E-state index is 11.2. The zero-order valence-electron chi connectivity index (χ0n) is 16.6. The summed E-state index contributed by atoms with van der Waals surface area (Å²) >= 11 is 0. The molecule has 154 valence electrons. The fourth-order valence-corrected chi connectivity index (χ4v) is 6.95. The van der Waals surface area contributed by atoms with E-state index in [2.05, 4.69) is 36.4 Å². The van der Waals surface area contributed by atoms with E-state index in [1.165, 1.54) is 48.8 Å². The molecular weight excluding hydrogens is 368 g/mol. The molecule has 0 saturated heterocycles. The summed E-state index contributed by atoms with van der Waals surface area (Å²) in [6.45, 7) is 0. The molecule has 0 aromatic heterocycles. The summed E-state index contributed by atoms with van der Waals surface area (Å²) in [5.74, 6) is 3.68. The van der Waals surface area contributed by atoms with Gasteiger partial charge in [0, 0.05) is 0 Å². The van der Waals surface area contributed by atoms with Crippen LogP contribution >= 0.6 is 0 Å². The Hall–Kier alpha value is -2.61. The van der Waals surface area contributed by atoms with Crippen LogP contribution in [0.15, 0.2) is 60.7 Å². The third-order valence-corrected chi connectivity index (χ3v) is 7.92. The first-order chi connectivity index (χ1) is 14.1. The van der Waals surface area contributed by atoms with Gasteiger partial charge in [0.1, 0.15) is 0 Å². The van der Waals surface area contributed by atoms with E-state index in [0.717, 1.165) is 40.4 Å². The Labute approximate surface area is 178 Å². The van der Waals surface area contributed by atoms with Crippen molar-refractivity contribution in [2.75, 3.05) is 0 Å². The second kappa shape index (κ2) is 7.27. The van der Waals surface area contributed by atoms with Crippen molar-refractivity contribution in [3.63, 3.8) is 0 Å². The summed E-state index contributed by atoms with van der Waals surface area (Å²) < 4.78 is 0. The van der Waals surface area contributed by atoms with Gasteiger partial charge in [-0.1, -0.05) is 49.9 Å². The smallest absolute Gasteiger partial charge is 0.335 e.